The van der Waals surface area contributed by atoms with Gasteiger partial charge in [-0.2, -0.15) is 5.10 Å². The van der Waals surface area contributed by atoms with Gasteiger partial charge in [0, 0.05) is 61.4 Å². The van der Waals surface area contributed by atoms with Crippen molar-refractivity contribution in [2.45, 2.75) is 6.42 Å². The Labute approximate surface area is 197 Å². The number of nitrogens with one attached hydrogen (secondary N) is 1. The highest BCUT2D eigenvalue weighted by atomic mass is 35.5. The maximum absolute atomic E-state index is 12.2. The molecule has 33 heavy (non-hydrogen) atoms. The molecule has 3 aromatic rings. The van der Waals surface area contributed by atoms with Crippen LogP contribution in [0.2, 0.25) is 5.02 Å². The first-order valence-corrected chi connectivity index (χ1v) is 11.1. The van der Waals surface area contributed by atoms with Crippen LogP contribution in [0.4, 0.5) is 5.69 Å². The van der Waals surface area contributed by atoms with Gasteiger partial charge in [-0.25, -0.2) is 5.43 Å². The van der Waals surface area contributed by atoms with Gasteiger partial charge in [-0.1, -0.05) is 11.6 Å². The van der Waals surface area contributed by atoms with Gasteiger partial charge >= 0.3 is 0 Å². The highest BCUT2D eigenvalue weighted by Crippen LogP contribution is 2.28. The Bertz CT molecular complexity index is 1160. The van der Waals surface area contributed by atoms with E-state index in [0.717, 1.165) is 42.8 Å². The molecule has 0 saturated carbocycles. The predicted octanol–water partition coefficient (Wildman–Crippen LogP) is 3.26. The molecular formula is C24H26ClN5O3. The van der Waals surface area contributed by atoms with Crippen molar-refractivity contribution in [3.8, 4) is 11.5 Å². The summed E-state index contributed by atoms with van der Waals surface area (Å²) in [5.41, 5.74) is 5.32. The van der Waals surface area contributed by atoms with Gasteiger partial charge < -0.3 is 14.7 Å². The standard InChI is InChI=1S/C24H26ClN5O3/c1-33-23-14-17(2-5-22(23)31)16-27-28-24(32)7-9-29-10-12-30(13-11-29)21-6-8-26-20-15-18(25)3-4-19(20)21/h2-6,8,14-16,31H,7,9-13H2,1H3,(H,28,32)/b27-16+. The van der Waals surface area contributed by atoms with Crippen LogP contribution in [0.1, 0.15) is 12.0 Å². The quantitative estimate of drug-likeness (QED) is 0.409. The van der Waals surface area contributed by atoms with Crippen LogP contribution >= 0.6 is 11.6 Å². The number of rotatable bonds is 7. The van der Waals surface area contributed by atoms with E-state index in [1.807, 2.05) is 30.5 Å². The fourth-order valence-corrected chi connectivity index (χ4v) is 4.03. The molecule has 1 aliphatic heterocycles. The number of aromatic nitrogens is 1. The van der Waals surface area contributed by atoms with Crippen LogP contribution in [0, 0.1) is 0 Å². The number of anilines is 1. The van der Waals surface area contributed by atoms with E-state index in [1.54, 1.807) is 12.1 Å². The van der Waals surface area contributed by atoms with Gasteiger partial charge in [-0.05, 0) is 48.0 Å². The lowest BCUT2D eigenvalue weighted by Crippen LogP contribution is -2.47. The molecule has 1 fully saturated rings. The van der Waals surface area contributed by atoms with Crippen molar-refractivity contribution in [1.82, 2.24) is 15.3 Å². The first kappa shape index (κ1) is 22.8. The van der Waals surface area contributed by atoms with E-state index in [9.17, 15) is 9.90 Å². The lowest BCUT2D eigenvalue weighted by molar-refractivity contribution is -0.121. The molecule has 1 saturated heterocycles. The average Bonchev–Trinajstić information content (AvgIpc) is 2.83. The summed E-state index contributed by atoms with van der Waals surface area (Å²) in [6.07, 6.45) is 3.71. The molecule has 2 aromatic carbocycles. The van der Waals surface area contributed by atoms with E-state index in [-0.39, 0.29) is 11.7 Å². The summed E-state index contributed by atoms with van der Waals surface area (Å²) in [6.45, 7) is 4.19. The fraction of sp³-hybridized carbons (Fsp3) is 0.292. The number of amides is 1. The molecule has 0 spiro atoms. The minimum absolute atomic E-state index is 0.0558. The van der Waals surface area contributed by atoms with Crippen LogP contribution in [-0.2, 0) is 4.79 Å². The number of halogens is 1. The third-order valence-corrected chi connectivity index (χ3v) is 5.89. The molecule has 0 aliphatic carbocycles. The van der Waals surface area contributed by atoms with Crippen molar-refractivity contribution in [3.63, 3.8) is 0 Å². The number of nitrogens with zero attached hydrogens (tertiary/aromatic N) is 4. The molecule has 9 heteroatoms. The van der Waals surface area contributed by atoms with Crippen LogP contribution in [0.25, 0.3) is 10.9 Å². The molecule has 0 atom stereocenters. The summed E-state index contributed by atoms with van der Waals surface area (Å²) in [5, 5.41) is 15.4. The summed E-state index contributed by atoms with van der Waals surface area (Å²) in [4.78, 5) is 21.2. The molecule has 1 aromatic heterocycles. The summed E-state index contributed by atoms with van der Waals surface area (Å²) in [5.74, 6) is 0.268. The highest BCUT2D eigenvalue weighted by molar-refractivity contribution is 6.31. The average molecular weight is 468 g/mol. The molecule has 4 rings (SSSR count). The molecule has 2 heterocycles. The molecule has 1 aliphatic rings. The Morgan fingerprint density at radius 1 is 1.21 bits per heavy atom. The van der Waals surface area contributed by atoms with Crippen molar-refractivity contribution in [2.24, 2.45) is 5.10 Å². The second-order valence-corrected chi connectivity index (χ2v) is 8.23. The summed E-state index contributed by atoms with van der Waals surface area (Å²) >= 11 is 6.10. The Morgan fingerprint density at radius 2 is 2.03 bits per heavy atom. The van der Waals surface area contributed by atoms with E-state index in [2.05, 4.69) is 25.3 Å². The molecule has 172 valence electrons. The number of aromatic hydroxyl groups is 1. The van der Waals surface area contributed by atoms with E-state index in [1.165, 1.54) is 19.4 Å². The number of methoxy groups -OCH3 is 1. The smallest absolute Gasteiger partial charge is 0.241 e. The zero-order chi connectivity index (χ0) is 23.2. The molecule has 8 nitrogen and oxygen atoms in total. The van der Waals surface area contributed by atoms with Crippen LogP contribution in [0.15, 0.2) is 53.8 Å². The number of hydrazone groups is 1. The Morgan fingerprint density at radius 3 is 2.82 bits per heavy atom. The zero-order valence-electron chi connectivity index (χ0n) is 18.4. The number of phenols is 1. The van der Waals surface area contributed by atoms with E-state index in [0.29, 0.717) is 29.3 Å². The third-order valence-electron chi connectivity index (χ3n) is 5.66. The summed E-state index contributed by atoms with van der Waals surface area (Å²) < 4.78 is 5.06. The molecule has 1 amide bonds. The number of hydrogen-bond donors (Lipinski definition) is 2. The first-order chi connectivity index (χ1) is 16.0. The number of piperazine rings is 1. The number of carbonyl (C=O) groups excluding carboxylic acids is 1. The minimum Gasteiger partial charge on any atom is -0.504 e. The van der Waals surface area contributed by atoms with Gasteiger partial charge in [0.15, 0.2) is 11.5 Å². The number of phenolic OH excluding ortho intramolecular Hbond substituents is 1. The second-order valence-electron chi connectivity index (χ2n) is 7.79. The maximum Gasteiger partial charge on any atom is 0.241 e. The number of ether oxygens (including phenoxy) is 1. The number of fused-ring (bicyclic) bond motifs is 1. The maximum atomic E-state index is 12.2. The van der Waals surface area contributed by atoms with Gasteiger partial charge in [-0.3, -0.25) is 14.7 Å². The topological polar surface area (TPSA) is 90.3 Å². The van der Waals surface area contributed by atoms with E-state index >= 15 is 0 Å². The third kappa shape index (κ3) is 5.71. The van der Waals surface area contributed by atoms with E-state index in [4.69, 9.17) is 16.3 Å². The van der Waals surface area contributed by atoms with Crippen LogP contribution in [0.5, 0.6) is 11.5 Å². The van der Waals surface area contributed by atoms with Crippen molar-refractivity contribution < 1.29 is 14.6 Å². The number of hydrogen-bond acceptors (Lipinski definition) is 7. The fourth-order valence-electron chi connectivity index (χ4n) is 3.86. The molecule has 0 unspecified atom stereocenters. The molecular weight excluding hydrogens is 442 g/mol. The van der Waals surface area contributed by atoms with Crippen molar-refractivity contribution in [2.75, 3.05) is 44.7 Å². The Balaban J connectivity index is 1.24. The SMILES string of the molecule is COc1cc(/C=N/NC(=O)CCN2CCN(c3ccnc4cc(Cl)ccc34)CC2)ccc1O. The Hall–Kier alpha value is -3.36. The number of benzene rings is 2. The molecule has 0 radical (unpaired) electrons. The minimum atomic E-state index is -0.142. The lowest BCUT2D eigenvalue weighted by Gasteiger charge is -2.36. The lowest BCUT2D eigenvalue weighted by atomic mass is 10.1. The van der Waals surface area contributed by atoms with Crippen LogP contribution in [0.3, 0.4) is 0 Å². The van der Waals surface area contributed by atoms with Gasteiger partial charge in [0.2, 0.25) is 5.91 Å². The summed E-state index contributed by atoms with van der Waals surface area (Å²) in [7, 11) is 1.48. The summed E-state index contributed by atoms with van der Waals surface area (Å²) in [6, 6.07) is 12.7. The largest absolute Gasteiger partial charge is 0.504 e. The zero-order valence-corrected chi connectivity index (χ0v) is 19.1. The van der Waals surface area contributed by atoms with Gasteiger partial charge in [0.05, 0.1) is 18.8 Å². The number of pyridine rings is 1. The van der Waals surface area contributed by atoms with Crippen LogP contribution < -0.4 is 15.1 Å². The van der Waals surface area contributed by atoms with Gasteiger partial charge in [-0.15, -0.1) is 0 Å². The van der Waals surface area contributed by atoms with Crippen molar-refractivity contribution >= 4 is 40.3 Å². The predicted molar refractivity (Wildman–Crippen MR) is 130 cm³/mol. The van der Waals surface area contributed by atoms with E-state index < -0.39 is 0 Å². The molecule has 0 bridgehead atoms. The Kier molecular flexibility index (Phi) is 7.26. The first-order valence-electron chi connectivity index (χ1n) is 10.7. The normalized spacial score (nSPS) is 14.7. The monoisotopic (exact) mass is 467 g/mol. The van der Waals surface area contributed by atoms with Gasteiger partial charge in [0.25, 0.3) is 0 Å². The second kappa shape index (κ2) is 10.5. The molecule has 2 N–H and O–H groups in total. The van der Waals surface area contributed by atoms with Crippen LogP contribution in [-0.4, -0.2) is 66.9 Å². The van der Waals surface area contributed by atoms with Gasteiger partial charge in [0.1, 0.15) is 0 Å². The highest BCUT2D eigenvalue weighted by Gasteiger charge is 2.19. The van der Waals surface area contributed by atoms with Crippen molar-refractivity contribution in [1.29, 1.82) is 0 Å². The van der Waals surface area contributed by atoms with Crippen molar-refractivity contribution in [3.05, 3.63) is 59.2 Å². The number of carbonyl (C=O) groups is 1.